The summed E-state index contributed by atoms with van der Waals surface area (Å²) in [6.07, 6.45) is 18.3. The van der Waals surface area contributed by atoms with E-state index in [1.807, 2.05) is 11.3 Å². The van der Waals surface area contributed by atoms with Gasteiger partial charge in [-0.2, -0.15) is 0 Å². The maximum Gasteiger partial charge on any atom is 0.143 e. The molecule has 1 saturated carbocycles. The van der Waals surface area contributed by atoms with Gasteiger partial charge in [-0.15, -0.1) is 11.3 Å². The number of allylic oxidation sites excluding steroid dienone is 3. The van der Waals surface area contributed by atoms with E-state index in [4.69, 9.17) is 4.42 Å². The van der Waals surface area contributed by atoms with E-state index in [1.165, 1.54) is 81.9 Å². The molecular formula is C53H40N2OS. The minimum absolute atomic E-state index is 0.376. The molecule has 6 aromatic carbocycles. The number of hydrogen-bond donors (Lipinski definition) is 0. The van der Waals surface area contributed by atoms with Crippen molar-refractivity contribution < 1.29 is 4.42 Å². The fourth-order valence-electron chi connectivity index (χ4n) is 11.1. The monoisotopic (exact) mass is 752 g/mol. The highest BCUT2D eigenvalue weighted by Crippen LogP contribution is 2.64. The zero-order valence-electron chi connectivity index (χ0n) is 31.5. The number of thiophene rings is 1. The van der Waals surface area contributed by atoms with Crippen molar-refractivity contribution >= 4 is 87.7 Å². The SMILES string of the molecule is C1=CCC(N2c3ccccc3C3C4C[C@@H]4C(c4ccc(N(C5=c6c(oc7c6ccc6ccccc67)=CCC5)c5cccc6sc7ccccc7c56)cc4)=CC32)C=C1. The van der Waals surface area contributed by atoms with Gasteiger partial charge in [-0.05, 0) is 108 Å². The second kappa shape index (κ2) is 12.2. The van der Waals surface area contributed by atoms with Crippen LogP contribution in [0.4, 0.5) is 17.1 Å². The fourth-order valence-corrected chi connectivity index (χ4v) is 12.2. The first-order valence-corrected chi connectivity index (χ1v) is 21.5. The Hall–Kier alpha value is -6.10. The summed E-state index contributed by atoms with van der Waals surface area (Å²) in [4.78, 5) is 5.31. The Kier molecular flexibility index (Phi) is 6.86. The summed E-state index contributed by atoms with van der Waals surface area (Å²) >= 11 is 1.89. The Morgan fingerprint density at radius 1 is 0.737 bits per heavy atom. The lowest BCUT2D eigenvalue weighted by Crippen LogP contribution is -2.42. The molecule has 0 spiro atoms. The summed E-state index contributed by atoms with van der Waals surface area (Å²) in [5.41, 5.74) is 11.6. The zero-order chi connectivity index (χ0) is 37.2. The number of anilines is 3. The van der Waals surface area contributed by atoms with Crippen LogP contribution in [-0.4, -0.2) is 12.1 Å². The predicted molar refractivity (Wildman–Crippen MR) is 240 cm³/mol. The molecule has 4 unspecified atom stereocenters. The highest BCUT2D eigenvalue weighted by molar-refractivity contribution is 7.26. The van der Waals surface area contributed by atoms with Gasteiger partial charge < -0.3 is 14.2 Å². The second-order valence-electron chi connectivity index (χ2n) is 16.6. The maximum atomic E-state index is 6.80. The minimum Gasteiger partial charge on any atom is -0.456 e. The van der Waals surface area contributed by atoms with Crippen LogP contribution in [0.15, 0.2) is 162 Å². The van der Waals surface area contributed by atoms with E-state index in [1.54, 1.807) is 5.56 Å². The molecule has 0 bridgehead atoms. The topological polar surface area (TPSA) is 19.6 Å². The van der Waals surface area contributed by atoms with Gasteiger partial charge in [0.15, 0.2) is 0 Å². The van der Waals surface area contributed by atoms with Crippen LogP contribution in [0, 0.1) is 11.8 Å². The number of benzene rings is 6. The smallest absolute Gasteiger partial charge is 0.143 e. The quantitative estimate of drug-likeness (QED) is 0.175. The molecule has 57 heavy (non-hydrogen) atoms. The van der Waals surface area contributed by atoms with Crippen molar-refractivity contribution in [1.82, 2.24) is 0 Å². The lowest BCUT2D eigenvalue weighted by Gasteiger charge is -2.37. The van der Waals surface area contributed by atoms with Crippen molar-refractivity contribution in [2.45, 2.75) is 43.7 Å². The molecule has 5 atom stereocenters. The van der Waals surface area contributed by atoms with E-state index in [9.17, 15) is 0 Å². The number of fused-ring (bicyclic) bond motifs is 13. The van der Waals surface area contributed by atoms with Gasteiger partial charge in [0.05, 0.1) is 17.8 Å². The third-order valence-electron chi connectivity index (χ3n) is 13.6. The summed E-state index contributed by atoms with van der Waals surface area (Å²) in [5, 5.41) is 7.41. The number of furan rings is 1. The molecule has 0 saturated heterocycles. The molecule has 8 aromatic rings. The molecule has 2 aromatic heterocycles. The average molecular weight is 753 g/mol. The predicted octanol–water partition coefficient (Wildman–Crippen LogP) is 12.4. The standard InChI is InChI=1S/C53H40N2OS/c1-2-13-34(14-3-1)54-43-18-8-6-16-37(43)50-42-30-41(42)40(31-46(50)54)33-24-27-35(28-25-33)55(45-20-11-23-49-52(45)38-17-7-9-22-48(38)57-49)44-19-10-21-47-51(44)39-29-26-32-12-4-5-15-36(32)53(39)56-47/h1-9,11-13,15-18,20-29,31,34,41-42,46,50H,10,14,19,30H2/t34?,41-,42?,46?,50?/m1/s1. The van der Waals surface area contributed by atoms with Crippen LogP contribution in [0.2, 0.25) is 0 Å². The van der Waals surface area contributed by atoms with Crippen molar-refractivity contribution in [3.63, 3.8) is 0 Å². The minimum atomic E-state index is 0.376. The van der Waals surface area contributed by atoms with Crippen LogP contribution < -0.4 is 20.4 Å². The highest BCUT2D eigenvalue weighted by atomic mass is 32.1. The van der Waals surface area contributed by atoms with Gasteiger partial charge in [-0.1, -0.05) is 115 Å². The Morgan fingerprint density at radius 2 is 1.58 bits per heavy atom. The van der Waals surface area contributed by atoms with E-state index in [-0.39, 0.29) is 0 Å². The Bertz CT molecular complexity index is 3200. The molecular weight excluding hydrogens is 713 g/mol. The molecule has 3 nitrogen and oxygen atoms in total. The summed E-state index contributed by atoms with van der Waals surface area (Å²) in [5.74, 6) is 1.88. The van der Waals surface area contributed by atoms with Gasteiger partial charge in [0.25, 0.3) is 0 Å². The van der Waals surface area contributed by atoms with Crippen LogP contribution in [0.25, 0.3) is 59.3 Å². The van der Waals surface area contributed by atoms with Crippen LogP contribution in [0.3, 0.4) is 0 Å². The average Bonchev–Trinajstić information content (AvgIpc) is 3.66. The van der Waals surface area contributed by atoms with Crippen molar-refractivity contribution in [2.24, 2.45) is 11.8 Å². The fraction of sp³-hybridized carbons (Fsp3) is 0.170. The molecule has 274 valence electrons. The van der Waals surface area contributed by atoms with Crippen molar-refractivity contribution in [2.75, 3.05) is 9.80 Å². The van der Waals surface area contributed by atoms with Gasteiger partial charge >= 0.3 is 0 Å². The molecule has 1 aliphatic heterocycles. The van der Waals surface area contributed by atoms with Crippen LogP contribution in [-0.2, 0) is 0 Å². The molecule has 5 aliphatic rings. The number of hydrogen-bond acceptors (Lipinski definition) is 4. The second-order valence-corrected chi connectivity index (χ2v) is 17.6. The van der Waals surface area contributed by atoms with Crippen molar-refractivity contribution in [3.8, 4) is 0 Å². The molecule has 0 amide bonds. The van der Waals surface area contributed by atoms with E-state index in [2.05, 4.69) is 174 Å². The first-order chi connectivity index (χ1) is 28.3. The molecule has 4 heteroatoms. The first-order valence-electron chi connectivity index (χ1n) is 20.7. The summed E-state index contributed by atoms with van der Waals surface area (Å²) in [6, 6.07) is 48.5. The van der Waals surface area contributed by atoms with E-state index >= 15 is 0 Å². The van der Waals surface area contributed by atoms with E-state index in [0.29, 0.717) is 29.8 Å². The molecule has 3 heterocycles. The van der Waals surface area contributed by atoms with Crippen LogP contribution in [0.5, 0.6) is 0 Å². The third-order valence-corrected chi connectivity index (χ3v) is 14.7. The van der Waals surface area contributed by atoms with Gasteiger partial charge in [-0.25, -0.2) is 0 Å². The Balaban J connectivity index is 0.989. The normalized spacial score (nSPS) is 23.0. The first kappa shape index (κ1) is 32.0. The molecule has 0 radical (unpaired) electrons. The van der Waals surface area contributed by atoms with Gasteiger partial charge in [0.1, 0.15) is 11.0 Å². The lowest BCUT2D eigenvalue weighted by atomic mass is 9.81. The van der Waals surface area contributed by atoms with Crippen molar-refractivity contribution in [1.29, 1.82) is 0 Å². The highest BCUT2D eigenvalue weighted by Gasteiger charge is 2.56. The van der Waals surface area contributed by atoms with Gasteiger partial charge in [-0.3, -0.25) is 0 Å². The largest absolute Gasteiger partial charge is 0.456 e. The summed E-state index contributed by atoms with van der Waals surface area (Å²) in [7, 11) is 0. The van der Waals surface area contributed by atoms with Gasteiger partial charge in [0.2, 0.25) is 0 Å². The molecule has 1 fully saturated rings. The molecule has 0 N–H and O–H groups in total. The van der Waals surface area contributed by atoms with Crippen molar-refractivity contribution in [3.05, 3.63) is 180 Å². The summed E-state index contributed by atoms with van der Waals surface area (Å²) < 4.78 is 9.44. The number of para-hydroxylation sites is 1. The maximum absolute atomic E-state index is 6.80. The number of rotatable bonds is 5. The number of nitrogens with zero attached hydrogens (tertiary/aromatic N) is 2. The van der Waals surface area contributed by atoms with E-state index < -0.39 is 0 Å². The van der Waals surface area contributed by atoms with Crippen LogP contribution >= 0.6 is 11.3 Å². The molecule has 13 rings (SSSR count). The summed E-state index contributed by atoms with van der Waals surface area (Å²) in [6.45, 7) is 0. The Morgan fingerprint density at radius 3 is 2.49 bits per heavy atom. The van der Waals surface area contributed by atoms with E-state index in [0.717, 1.165) is 30.3 Å². The lowest BCUT2D eigenvalue weighted by molar-refractivity contribution is 0.501. The molecule has 4 aliphatic carbocycles. The third kappa shape index (κ3) is 4.71. The zero-order valence-corrected chi connectivity index (χ0v) is 32.3. The Labute approximate surface area is 335 Å². The van der Waals surface area contributed by atoms with Gasteiger partial charge in [0, 0.05) is 59.2 Å². The van der Waals surface area contributed by atoms with Crippen LogP contribution in [0.1, 0.15) is 42.7 Å².